The van der Waals surface area contributed by atoms with Crippen molar-refractivity contribution in [1.29, 1.82) is 0 Å². The van der Waals surface area contributed by atoms with Crippen molar-refractivity contribution in [3.63, 3.8) is 0 Å². The highest BCUT2D eigenvalue weighted by Crippen LogP contribution is 2.32. The maximum Gasteiger partial charge on any atom is 0.129 e. The summed E-state index contributed by atoms with van der Waals surface area (Å²) in [7, 11) is 0. The molecule has 6 heteroatoms. The van der Waals surface area contributed by atoms with E-state index in [1.807, 2.05) is 0 Å². The van der Waals surface area contributed by atoms with Crippen LogP contribution >= 0.6 is 24.4 Å². The SMILES string of the molecule is O[C@@H]1[C@@H](O)[C@@H](O)SC(S)[C@H]1O. The van der Waals surface area contributed by atoms with Crippen LogP contribution in [0.4, 0.5) is 0 Å². The maximum absolute atomic E-state index is 9.12. The lowest BCUT2D eigenvalue weighted by Crippen LogP contribution is -2.51. The predicted octanol–water partition coefficient (Wildman–Crippen LogP) is -1.61. The second-order valence-corrected chi connectivity index (χ2v) is 4.56. The fourth-order valence-corrected chi connectivity index (χ4v) is 2.32. The maximum atomic E-state index is 9.12. The molecule has 1 heterocycles. The van der Waals surface area contributed by atoms with E-state index in [9.17, 15) is 0 Å². The van der Waals surface area contributed by atoms with E-state index >= 15 is 0 Å². The first-order valence-corrected chi connectivity index (χ1v) is 4.55. The Hall–Kier alpha value is 0.540. The summed E-state index contributed by atoms with van der Waals surface area (Å²) in [5.41, 5.74) is -1.07. The average molecular weight is 198 g/mol. The number of thioether (sulfide) groups is 1. The Bertz CT molecular complexity index is 130. The molecule has 11 heavy (non-hydrogen) atoms. The Balaban J connectivity index is 2.63. The molecular weight excluding hydrogens is 188 g/mol. The highest BCUT2D eigenvalue weighted by Gasteiger charge is 2.40. The van der Waals surface area contributed by atoms with Gasteiger partial charge in [0, 0.05) is 0 Å². The second kappa shape index (κ2) is 3.51. The van der Waals surface area contributed by atoms with Gasteiger partial charge in [-0.3, -0.25) is 0 Å². The van der Waals surface area contributed by atoms with Crippen molar-refractivity contribution in [1.82, 2.24) is 0 Å². The van der Waals surface area contributed by atoms with Crippen LogP contribution in [0.3, 0.4) is 0 Å². The van der Waals surface area contributed by atoms with E-state index in [0.29, 0.717) is 0 Å². The normalized spacial score (nSPS) is 52.6. The molecule has 4 nitrogen and oxygen atoms in total. The summed E-state index contributed by atoms with van der Waals surface area (Å²) >= 11 is 4.82. The third-order valence-corrected chi connectivity index (χ3v) is 3.35. The van der Waals surface area contributed by atoms with E-state index in [4.69, 9.17) is 20.4 Å². The summed E-state index contributed by atoms with van der Waals surface area (Å²) in [5.74, 6) is 0. The van der Waals surface area contributed by atoms with Crippen LogP contribution in [0.1, 0.15) is 0 Å². The van der Waals surface area contributed by atoms with Gasteiger partial charge in [0.25, 0.3) is 0 Å². The van der Waals surface area contributed by atoms with Crippen molar-refractivity contribution < 1.29 is 20.4 Å². The van der Waals surface area contributed by atoms with Gasteiger partial charge in [-0.2, -0.15) is 12.6 Å². The van der Waals surface area contributed by atoms with Crippen molar-refractivity contribution in [2.24, 2.45) is 0 Å². The molecule has 0 aliphatic carbocycles. The molecule has 66 valence electrons. The summed E-state index contributed by atoms with van der Waals surface area (Å²) in [6, 6.07) is 0. The van der Waals surface area contributed by atoms with E-state index in [1.54, 1.807) is 0 Å². The van der Waals surface area contributed by atoms with Gasteiger partial charge in [0.05, 0.1) is 4.58 Å². The fraction of sp³-hybridized carbons (Fsp3) is 1.00. The largest absolute Gasteiger partial charge is 0.388 e. The number of thiol groups is 1. The van der Waals surface area contributed by atoms with E-state index < -0.39 is 28.3 Å². The van der Waals surface area contributed by atoms with Crippen LogP contribution < -0.4 is 0 Å². The monoisotopic (exact) mass is 198 g/mol. The van der Waals surface area contributed by atoms with Crippen LogP contribution in [-0.2, 0) is 0 Å². The number of hydrogen-bond acceptors (Lipinski definition) is 6. The zero-order valence-electron chi connectivity index (χ0n) is 5.53. The highest BCUT2D eigenvalue weighted by molar-refractivity contribution is 8.10. The molecule has 1 unspecified atom stereocenters. The lowest BCUT2D eigenvalue weighted by molar-refractivity contribution is -0.0858. The minimum Gasteiger partial charge on any atom is -0.388 e. The number of rotatable bonds is 0. The molecule has 1 saturated heterocycles. The molecule has 0 aromatic rings. The fourth-order valence-electron chi connectivity index (χ4n) is 0.843. The third-order valence-electron chi connectivity index (χ3n) is 1.56. The van der Waals surface area contributed by atoms with Gasteiger partial charge in [-0.1, -0.05) is 0 Å². The first-order chi connectivity index (χ1) is 5.04. The van der Waals surface area contributed by atoms with E-state index in [1.165, 1.54) is 0 Å². The van der Waals surface area contributed by atoms with Gasteiger partial charge in [0.2, 0.25) is 0 Å². The number of aliphatic hydroxyl groups is 4. The topological polar surface area (TPSA) is 80.9 Å². The summed E-state index contributed by atoms with van der Waals surface area (Å²) < 4.78 is -0.552. The molecule has 0 spiro atoms. The zero-order chi connectivity index (χ0) is 8.59. The van der Waals surface area contributed by atoms with Gasteiger partial charge in [-0.15, -0.1) is 11.8 Å². The first-order valence-electron chi connectivity index (χ1n) is 3.10. The van der Waals surface area contributed by atoms with E-state index in [0.717, 1.165) is 11.8 Å². The molecule has 0 amide bonds. The molecule has 4 N–H and O–H groups in total. The Kier molecular flexibility index (Phi) is 3.07. The Labute approximate surface area is 73.6 Å². The molecule has 1 rings (SSSR count). The molecule has 1 fully saturated rings. The summed E-state index contributed by atoms with van der Waals surface area (Å²) in [5, 5.41) is 36.2. The number of hydrogen-bond donors (Lipinski definition) is 5. The Morgan fingerprint density at radius 3 is 2.00 bits per heavy atom. The minimum absolute atomic E-state index is 0.552. The molecule has 1 aliphatic rings. The van der Waals surface area contributed by atoms with Crippen molar-refractivity contribution in [2.75, 3.05) is 0 Å². The van der Waals surface area contributed by atoms with Crippen molar-refractivity contribution >= 4 is 24.4 Å². The van der Waals surface area contributed by atoms with E-state index in [-0.39, 0.29) is 0 Å². The Morgan fingerprint density at radius 2 is 1.45 bits per heavy atom. The lowest BCUT2D eigenvalue weighted by Gasteiger charge is -2.35. The standard InChI is InChI=1S/C5H10O4S2/c6-1-2(7)4(9)11-5(10)3(1)8/h1-10H/t1-,2-,3+,4+,5?/m1/s1. The Morgan fingerprint density at radius 1 is 0.909 bits per heavy atom. The van der Waals surface area contributed by atoms with E-state index in [2.05, 4.69) is 12.6 Å². The van der Waals surface area contributed by atoms with Crippen LogP contribution in [0, 0.1) is 0 Å². The molecule has 0 bridgehead atoms. The summed E-state index contributed by atoms with van der Waals surface area (Å²) in [6.45, 7) is 0. The summed E-state index contributed by atoms with van der Waals surface area (Å²) in [6.07, 6.45) is -3.70. The van der Waals surface area contributed by atoms with Crippen molar-refractivity contribution in [3.8, 4) is 0 Å². The minimum atomic E-state index is -1.31. The van der Waals surface area contributed by atoms with Gasteiger partial charge in [-0.05, 0) is 0 Å². The third kappa shape index (κ3) is 1.82. The molecule has 0 radical (unpaired) electrons. The van der Waals surface area contributed by atoms with Crippen LogP contribution in [0.25, 0.3) is 0 Å². The molecule has 5 atom stereocenters. The van der Waals surface area contributed by atoms with Gasteiger partial charge in [0.1, 0.15) is 23.7 Å². The van der Waals surface area contributed by atoms with Crippen molar-refractivity contribution in [2.45, 2.75) is 28.3 Å². The van der Waals surface area contributed by atoms with Gasteiger partial charge >= 0.3 is 0 Å². The molecule has 0 aromatic heterocycles. The molecular formula is C5H10O4S2. The second-order valence-electron chi connectivity index (χ2n) is 2.39. The zero-order valence-corrected chi connectivity index (χ0v) is 7.24. The highest BCUT2D eigenvalue weighted by atomic mass is 32.2. The molecule has 0 saturated carbocycles. The van der Waals surface area contributed by atoms with Crippen LogP contribution in [0.5, 0.6) is 0 Å². The number of aliphatic hydroxyl groups excluding tert-OH is 4. The van der Waals surface area contributed by atoms with Gasteiger partial charge in [0.15, 0.2) is 0 Å². The first kappa shape index (κ1) is 9.63. The van der Waals surface area contributed by atoms with Crippen LogP contribution in [-0.4, -0.2) is 48.8 Å². The smallest absolute Gasteiger partial charge is 0.129 e. The average Bonchev–Trinajstić information content (AvgIpc) is 1.97. The predicted molar refractivity (Wildman–Crippen MR) is 44.4 cm³/mol. The van der Waals surface area contributed by atoms with Crippen LogP contribution in [0.15, 0.2) is 0 Å². The molecule has 0 aromatic carbocycles. The van der Waals surface area contributed by atoms with Crippen LogP contribution in [0.2, 0.25) is 0 Å². The molecule has 1 aliphatic heterocycles. The van der Waals surface area contributed by atoms with Crippen molar-refractivity contribution in [3.05, 3.63) is 0 Å². The summed E-state index contributed by atoms with van der Waals surface area (Å²) in [4.78, 5) is 0. The lowest BCUT2D eigenvalue weighted by atomic mass is 10.1. The van der Waals surface area contributed by atoms with Gasteiger partial charge in [-0.25, -0.2) is 0 Å². The quantitative estimate of drug-likeness (QED) is 0.303. The van der Waals surface area contributed by atoms with Gasteiger partial charge < -0.3 is 20.4 Å².